The van der Waals surface area contributed by atoms with Gasteiger partial charge in [0, 0.05) is 49.9 Å². The lowest BCUT2D eigenvalue weighted by molar-refractivity contribution is -0.125. The number of guanidine groups is 1. The van der Waals surface area contributed by atoms with Gasteiger partial charge >= 0.3 is 0 Å². The Balaban J connectivity index is 1.42. The second-order valence-electron chi connectivity index (χ2n) is 8.22. The summed E-state index contributed by atoms with van der Waals surface area (Å²) in [4.78, 5) is 24.6. The van der Waals surface area contributed by atoms with Crippen LogP contribution in [0.2, 0.25) is 5.02 Å². The first-order chi connectivity index (χ1) is 15.1. The summed E-state index contributed by atoms with van der Waals surface area (Å²) in [5.41, 5.74) is 3.87. The molecule has 0 N–H and O–H groups in total. The van der Waals surface area contributed by atoms with Crippen molar-refractivity contribution in [1.29, 1.82) is 0 Å². The van der Waals surface area contributed by atoms with Crippen molar-refractivity contribution < 1.29 is 9.18 Å². The van der Waals surface area contributed by atoms with Crippen LogP contribution in [0.5, 0.6) is 0 Å². The maximum Gasteiger partial charge on any atom is 0.259 e. The van der Waals surface area contributed by atoms with Gasteiger partial charge < -0.3 is 4.90 Å². The fraction of sp³-hybridized carbons (Fsp3) is 0.333. The van der Waals surface area contributed by atoms with Gasteiger partial charge in [-0.1, -0.05) is 35.9 Å². The average molecular weight is 439 g/mol. The molecule has 5 nitrogen and oxygen atoms in total. The summed E-state index contributed by atoms with van der Waals surface area (Å²) in [5, 5.41) is 0.676. The van der Waals surface area contributed by atoms with E-state index in [1.165, 1.54) is 6.07 Å². The Morgan fingerprint density at radius 2 is 1.87 bits per heavy atom. The van der Waals surface area contributed by atoms with Crippen LogP contribution < -0.4 is 0 Å². The Morgan fingerprint density at radius 1 is 1.03 bits per heavy atom. The van der Waals surface area contributed by atoms with E-state index in [2.05, 4.69) is 9.80 Å². The monoisotopic (exact) mass is 438 g/mol. The van der Waals surface area contributed by atoms with Crippen molar-refractivity contribution in [2.45, 2.75) is 25.9 Å². The van der Waals surface area contributed by atoms with Gasteiger partial charge in [0.15, 0.2) is 0 Å². The first-order valence-corrected chi connectivity index (χ1v) is 11.0. The highest BCUT2D eigenvalue weighted by Crippen LogP contribution is 2.32. The summed E-state index contributed by atoms with van der Waals surface area (Å²) < 4.78 is 13.6. The predicted molar refractivity (Wildman–Crippen MR) is 119 cm³/mol. The molecule has 0 bridgehead atoms. The molecule has 0 aromatic heterocycles. The van der Waals surface area contributed by atoms with Gasteiger partial charge in [-0.2, -0.15) is 0 Å². The van der Waals surface area contributed by atoms with Crippen molar-refractivity contribution in [3.05, 3.63) is 81.8 Å². The second kappa shape index (κ2) is 8.44. The van der Waals surface area contributed by atoms with Gasteiger partial charge in [0.05, 0.1) is 12.1 Å². The highest BCUT2D eigenvalue weighted by Gasteiger charge is 2.40. The molecule has 0 radical (unpaired) electrons. The van der Waals surface area contributed by atoms with Crippen molar-refractivity contribution in [3.63, 3.8) is 0 Å². The van der Waals surface area contributed by atoms with E-state index in [1.807, 2.05) is 30.3 Å². The number of halogens is 2. The number of fused-ring (bicyclic) bond motifs is 2. The normalized spacial score (nSPS) is 19.3. The molecule has 0 saturated carbocycles. The van der Waals surface area contributed by atoms with E-state index in [0.29, 0.717) is 24.7 Å². The average Bonchev–Trinajstić information content (AvgIpc) is 2.78. The van der Waals surface area contributed by atoms with E-state index in [1.54, 1.807) is 17.0 Å². The molecular weight excluding hydrogens is 415 g/mol. The van der Waals surface area contributed by atoms with Crippen molar-refractivity contribution in [2.75, 3.05) is 26.2 Å². The van der Waals surface area contributed by atoms with E-state index >= 15 is 0 Å². The molecule has 0 spiro atoms. The fourth-order valence-electron chi connectivity index (χ4n) is 4.57. The third-order valence-corrected chi connectivity index (χ3v) is 6.30. The number of carbonyl (C=O) groups is 1. The van der Waals surface area contributed by atoms with E-state index < -0.39 is 0 Å². The van der Waals surface area contributed by atoms with Gasteiger partial charge in [-0.05, 0) is 41.8 Å². The van der Waals surface area contributed by atoms with Crippen LogP contribution in [0, 0.1) is 5.82 Å². The Labute approximate surface area is 186 Å². The van der Waals surface area contributed by atoms with Gasteiger partial charge in [0.25, 0.3) is 5.91 Å². The molecule has 0 aliphatic carbocycles. The molecule has 0 fully saturated rings. The zero-order valence-electron chi connectivity index (χ0n) is 17.2. The predicted octanol–water partition coefficient (Wildman–Crippen LogP) is 4.04. The van der Waals surface area contributed by atoms with Gasteiger partial charge in [0.2, 0.25) is 5.96 Å². The molecule has 160 valence electrons. The van der Waals surface area contributed by atoms with Crippen molar-refractivity contribution in [3.8, 4) is 0 Å². The molecule has 1 amide bonds. The van der Waals surface area contributed by atoms with Crippen LogP contribution in [0.1, 0.15) is 24.0 Å². The summed E-state index contributed by atoms with van der Waals surface area (Å²) in [6.45, 7) is 4.11. The number of aliphatic imine (C=N–C) groups is 1. The number of amides is 1. The second-order valence-corrected chi connectivity index (χ2v) is 8.66. The Kier molecular flexibility index (Phi) is 5.50. The quantitative estimate of drug-likeness (QED) is 0.723. The summed E-state index contributed by atoms with van der Waals surface area (Å²) in [6.07, 6.45) is 1.78. The topological polar surface area (TPSA) is 39.2 Å². The fourth-order valence-corrected chi connectivity index (χ4v) is 4.70. The van der Waals surface area contributed by atoms with E-state index in [9.17, 15) is 9.18 Å². The molecule has 31 heavy (non-hydrogen) atoms. The van der Waals surface area contributed by atoms with Crippen LogP contribution in [0.4, 0.5) is 4.39 Å². The van der Waals surface area contributed by atoms with E-state index in [0.717, 1.165) is 60.8 Å². The Hall–Kier alpha value is -2.70. The maximum absolute atomic E-state index is 13.6. The zero-order valence-corrected chi connectivity index (χ0v) is 18.0. The van der Waals surface area contributed by atoms with Crippen LogP contribution in [0.15, 0.2) is 64.8 Å². The maximum atomic E-state index is 13.6. The number of benzene rings is 2. The van der Waals surface area contributed by atoms with Crippen LogP contribution in [-0.4, -0.2) is 52.7 Å². The molecule has 3 heterocycles. The molecule has 2 aromatic carbocycles. The lowest BCUT2D eigenvalue weighted by atomic mass is 9.99. The molecule has 7 heteroatoms. The summed E-state index contributed by atoms with van der Waals surface area (Å²) >= 11 is 6.03. The SMILES string of the molecule is O=C1C2=C(CCN(Cc3cccc(F)c3)C2)N2CCCN=C2N1Cc1ccc(Cl)cc1. The van der Waals surface area contributed by atoms with Gasteiger partial charge in [0.1, 0.15) is 5.82 Å². The van der Waals surface area contributed by atoms with Gasteiger partial charge in [-0.3, -0.25) is 19.6 Å². The number of carbonyl (C=O) groups excluding carboxylic acids is 1. The minimum absolute atomic E-state index is 0.0193. The summed E-state index contributed by atoms with van der Waals surface area (Å²) in [5.74, 6) is 0.556. The van der Waals surface area contributed by atoms with Crippen LogP contribution in [-0.2, 0) is 17.9 Å². The van der Waals surface area contributed by atoms with Crippen LogP contribution >= 0.6 is 11.6 Å². The third kappa shape index (κ3) is 4.10. The standard InChI is InChI=1S/C24H24ClFN4O/c25-19-7-5-17(6-8-19)15-30-23(31)21-16-28(14-18-3-1-4-20(26)13-18)12-9-22(21)29-11-2-10-27-24(29)30/h1,3-8,13H,2,9-12,14-16H2. The van der Waals surface area contributed by atoms with Gasteiger partial charge in [-0.15, -0.1) is 0 Å². The minimum Gasteiger partial charge on any atom is -0.315 e. The molecule has 3 aliphatic rings. The lowest BCUT2D eigenvalue weighted by Crippen LogP contribution is -2.56. The van der Waals surface area contributed by atoms with E-state index in [-0.39, 0.29) is 11.7 Å². The third-order valence-electron chi connectivity index (χ3n) is 6.05. The number of hydrogen-bond acceptors (Lipinski definition) is 4. The summed E-state index contributed by atoms with van der Waals surface area (Å²) in [7, 11) is 0. The molecular formula is C24H24ClFN4O. The molecule has 0 unspecified atom stereocenters. The first-order valence-electron chi connectivity index (χ1n) is 10.7. The van der Waals surface area contributed by atoms with Crippen LogP contribution in [0.25, 0.3) is 0 Å². The van der Waals surface area contributed by atoms with Crippen molar-refractivity contribution in [1.82, 2.24) is 14.7 Å². The summed E-state index contributed by atoms with van der Waals surface area (Å²) in [6, 6.07) is 14.3. The molecule has 0 atom stereocenters. The minimum atomic E-state index is -0.230. The molecule has 5 rings (SSSR count). The largest absolute Gasteiger partial charge is 0.315 e. The highest BCUT2D eigenvalue weighted by atomic mass is 35.5. The first kappa shape index (κ1) is 20.2. The molecule has 2 aromatic rings. The van der Waals surface area contributed by atoms with Crippen LogP contribution in [0.3, 0.4) is 0 Å². The highest BCUT2D eigenvalue weighted by molar-refractivity contribution is 6.30. The smallest absolute Gasteiger partial charge is 0.259 e. The Morgan fingerprint density at radius 3 is 2.68 bits per heavy atom. The number of rotatable bonds is 4. The van der Waals surface area contributed by atoms with Crippen molar-refractivity contribution in [2.24, 2.45) is 4.99 Å². The Bertz CT molecular complexity index is 1070. The van der Waals surface area contributed by atoms with Crippen molar-refractivity contribution >= 4 is 23.5 Å². The van der Waals surface area contributed by atoms with Gasteiger partial charge in [-0.25, -0.2) is 4.39 Å². The lowest BCUT2D eigenvalue weighted by Gasteiger charge is -2.45. The molecule has 3 aliphatic heterocycles. The number of hydrogen-bond donors (Lipinski definition) is 0. The molecule has 0 saturated heterocycles. The zero-order chi connectivity index (χ0) is 21.4. The number of nitrogens with zero attached hydrogens (tertiary/aromatic N) is 4. The van der Waals surface area contributed by atoms with E-state index in [4.69, 9.17) is 16.6 Å².